The van der Waals surface area contributed by atoms with Gasteiger partial charge in [0.2, 0.25) is 0 Å². The third-order valence-electron chi connectivity index (χ3n) is 1.07. The Morgan fingerprint density at radius 3 is 2.50 bits per heavy atom. The fourth-order valence-corrected chi connectivity index (χ4v) is 0.614. The van der Waals surface area contributed by atoms with Crippen LogP contribution >= 0.6 is 0 Å². The zero-order chi connectivity index (χ0) is 6.41. The standard InChI is InChI=1S/C6H13O2/c1-2-3-6(8)4-5-7/h6,8H,2-5H2,1H3. The molecule has 0 aromatic carbocycles. The summed E-state index contributed by atoms with van der Waals surface area (Å²) in [6.07, 6.45) is 1.79. The molecule has 2 nitrogen and oxygen atoms in total. The topological polar surface area (TPSA) is 40.1 Å². The summed E-state index contributed by atoms with van der Waals surface area (Å²) in [5.41, 5.74) is 0. The molecule has 0 heterocycles. The van der Waals surface area contributed by atoms with E-state index in [2.05, 4.69) is 0 Å². The van der Waals surface area contributed by atoms with Crippen LogP contribution in [0.25, 0.3) is 0 Å². The summed E-state index contributed by atoms with van der Waals surface area (Å²) in [5.74, 6) is 0. The molecular formula is C6H13O2. The highest BCUT2D eigenvalue weighted by atomic mass is 16.3. The molecule has 1 atom stereocenters. The first kappa shape index (κ1) is 7.92. The van der Waals surface area contributed by atoms with E-state index in [-0.39, 0.29) is 12.7 Å². The summed E-state index contributed by atoms with van der Waals surface area (Å²) in [5, 5.41) is 18.7. The molecule has 0 saturated carbocycles. The normalized spacial score (nSPS) is 13.9. The van der Waals surface area contributed by atoms with Crippen molar-refractivity contribution in [2.45, 2.75) is 32.3 Å². The third kappa shape index (κ3) is 4.09. The quantitative estimate of drug-likeness (QED) is 0.585. The highest BCUT2D eigenvalue weighted by molar-refractivity contribution is 4.51. The number of hydrogen-bond donors (Lipinski definition) is 1. The van der Waals surface area contributed by atoms with E-state index in [0.29, 0.717) is 6.42 Å². The van der Waals surface area contributed by atoms with Crippen molar-refractivity contribution in [1.82, 2.24) is 0 Å². The maximum absolute atomic E-state index is 9.86. The molecule has 0 rings (SSSR count). The fraction of sp³-hybridized carbons (Fsp3) is 1.00. The largest absolute Gasteiger partial charge is 0.393 e. The molecule has 0 spiro atoms. The SMILES string of the molecule is CCCC(O)CC[O]. The minimum absolute atomic E-state index is 0.152. The number of aliphatic hydroxyl groups is 1. The molecule has 0 aliphatic carbocycles. The maximum atomic E-state index is 9.86. The lowest BCUT2D eigenvalue weighted by Gasteiger charge is -2.03. The van der Waals surface area contributed by atoms with Gasteiger partial charge in [-0.1, -0.05) is 13.3 Å². The van der Waals surface area contributed by atoms with Crippen molar-refractivity contribution in [3.05, 3.63) is 0 Å². The summed E-state index contributed by atoms with van der Waals surface area (Å²) < 4.78 is 0. The van der Waals surface area contributed by atoms with Crippen molar-refractivity contribution in [1.29, 1.82) is 0 Å². The Kier molecular flexibility index (Phi) is 5.01. The molecule has 0 bridgehead atoms. The van der Waals surface area contributed by atoms with Crippen LogP contribution in [0, 0.1) is 0 Å². The van der Waals surface area contributed by atoms with Gasteiger partial charge in [-0.25, -0.2) is 5.11 Å². The molecular weight excluding hydrogens is 104 g/mol. The van der Waals surface area contributed by atoms with Gasteiger partial charge in [-0.2, -0.15) is 0 Å². The van der Waals surface area contributed by atoms with E-state index in [1.807, 2.05) is 6.92 Å². The highest BCUT2D eigenvalue weighted by Gasteiger charge is 1.99. The molecule has 0 aromatic rings. The number of hydrogen-bond acceptors (Lipinski definition) is 1. The predicted molar refractivity (Wildman–Crippen MR) is 31.1 cm³/mol. The van der Waals surface area contributed by atoms with Crippen molar-refractivity contribution >= 4 is 0 Å². The zero-order valence-electron chi connectivity index (χ0n) is 5.26. The second kappa shape index (κ2) is 5.06. The summed E-state index contributed by atoms with van der Waals surface area (Å²) >= 11 is 0. The Labute approximate surface area is 50.2 Å². The minimum atomic E-state index is -0.350. The van der Waals surface area contributed by atoms with Crippen LogP contribution in [-0.4, -0.2) is 17.8 Å². The van der Waals surface area contributed by atoms with Crippen LogP contribution in [0.2, 0.25) is 0 Å². The predicted octanol–water partition coefficient (Wildman–Crippen LogP) is 0.968. The van der Waals surface area contributed by atoms with Crippen molar-refractivity contribution in [3.8, 4) is 0 Å². The van der Waals surface area contributed by atoms with Crippen LogP contribution < -0.4 is 0 Å². The summed E-state index contributed by atoms with van der Waals surface area (Å²) in [4.78, 5) is 0. The lowest BCUT2D eigenvalue weighted by Crippen LogP contribution is -2.06. The second-order valence-corrected chi connectivity index (χ2v) is 1.94. The first-order valence-electron chi connectivity index (χ1n) is 3.07. The third-order valence-corrected chi connectivity index (χ3v) is 1.07. The number of rotatable bonds is 4. The monoisotopic (exact) mass is 117 g/mol. The van der Waals surface area contributed by atoms with E-state index >= 15 is 0 Å². The Morgan fingerprint density at radius 1 is 1.50 bits per heavy atom. The van der Waals surface area contributed by atoms with Crippen molar-refractivity contribution < 1.29 is 10.2 Å². The molecule has 8 heavy (non-hydrogen) atoms. The zero-order valence-corrected chi connectivity index (χ0v) is 5.26. The van der Waals surface area contributed by atoms with Gasteiger partial charge >= 0.3 is 0 Å². The average Bonchev–Trinajstić information content (AvgIpc) is 1.68. The van der Waals surface area contributed by atoms with Crippen molar-refractivity contribution in [2.75, 3.05) is 6.61 Å². The molecule has 0 aliphatic rings. The van der Waals surface area contributed by atoms with Gasteiger partial charge in [0.05, 0.1) is 12.7 Å². The van der Waals surface area contributed by atoms with E-state index in [1.165, 1.54) is 0 Å². The van der Waals surface area contributed by atoms with E-state index in [9.17, 15) is 5.11 Å². The van der Waals surface area contributed by atoms with Crippen molar-refractivity contribution in [3.63, 3.8) is 0 Å². The fourth-order valence-electron chi connectivity index (χ4n) is 0.614. The van der Waals surface area contributed by atoms with Gasteiger partial charge in [-0.3, -0.25) is 0 Å². The molecule has 49 valence electrons. The van der Waals surface area contributed by atoms with Crippen LogP contribution in [0.3, 0.4) is 0 Å². The second-order valence-electron chi connectivity index (χ2n) is 1.94. The first-order valence-corrected chi connectivity index (χ1v) is 3.07. The van der Waals surface area contributed by atoms with Gasteiger partial charge in [0.25, 0.3) is 0 Å². The lowest BCUT2D eigenvalue weighted by molar-refractivity contribution is 0.0980. The molecule has 0 aliphatic heterocycles. The first-order chi connectivity index (χ1) is 3.81. The van der Waals surface area contributed by atoms with Crippen molar-refractivity contribution in [2.24, 2.45) is 0 Å². The molecule has 2 heteroatoms. The Bertz CT molecular complexity index is 39.8. The lowest BCUT2D eigenvalue weighted by atomic mass is 10.2. The molecule has 0 fully saturated rings. The Morgan fingerprint density at radius 2 is 2.12 bits per heavy atom. The van der Waals surface area contributed by atoms with E-state index in [4.69, 9.17) is 5.11 Å². The van der Waals surface area contributed by atoms with Gasteiger partial charge in [0.15, 0.2) is 0 Å². The van der Waals surface area contributed by atoms with E-state index in [1.54, 1.807) is 0 Å². The van der Waals surface area contributed by atoms with Crippen LogP contribution in [0.1, 0.15) is 26.2 Å². The summed E-state index contributed by atoms with van der Waals surface area (Å²) in [6, 6.07) is 0. The molecule has 0 aromatic heterocycles. The number of aliphatic hydroxyl groups excluding tert-OH is 1. The van der Waals surface area contributed by atoms with Gasteiger partial charge in [-0.05, 0) is 12.8 Å². The molecule has 1 unspecified atom stereocenters. The molecule has 0 saturated heterocycles. The summed E-state index contributed by atoms with van der Waals surface area (Å²) in [7, 11) is 0. The maximum Gasteiger partial charge on any atom is 0.0846 e. The molecule has 1 N–H and O–H groups in total. The molecule has 1 radical (unpaired) electrons. The van der Waals surface area contributed by atoms with Crippen LogP contribution in [0.15, 0.2) is 0 Å². The Balaban J connectivity index is 2.92. The van der Waals surface area contributed by atoms with Gasteiger partial charge in [0.1, 0.15) is 0 Å². The minimum Gasteiger partial charge on any atom is -0.393 e. The van der Waals surface area contributed by atoms with Crippen LogP contribution in [-0.2, 0) is 5.11 Å². The summed E-state index contributed by atoms with van der Waals surface area (Å²) in [6.45, 7) is 1.84. The smallest absolute Gasteiger partial charge is 0.0846 e. The van der Waals surface area contributed by atoms with Gasteiger partial charge in [-0.15, -0.1) is 0 Å². The van der Waals surface area contributed by atoms with Gasteiger partial charge in [0, 0.05) is 0 Å². The van der Waals surface area contributed by atoms with E-state index in [0.717, 1.165) is 12.8 Å². The molecule has 0 amide bonds. The van der Waals surface area contributed by atoms with Crippen LogP contribution in [0.4, 0.5) is 0 Å². The van der Waals surface area contributed by atoms with E-state index < -0.39 is 0 Å². The average molecular weight is 117 g/mol. The van der Waals surface area contributed by atoms with Gasteiger partial charge < -0.3 is 5.11 Å². The Hall–Kier alpha value is -0.0800. The van der Waals surface area contributed by atoms with Crippen LogP contribution in [0.5, 0.6) is 0 Å². The highest BCUT2D eigenvalue weighted by Crippen LogP contribution is 1.98.